The number of aryl methyl sites for hydroxylation is 1. The third-order valence-electron chi connectivity index (χ3n) is 3.48. The molecule has 0 radical (unpaired) electrons. The van der Waals surface area contributed by atoms with E-state index in [9.17, 15) is 19.5 Å². The van der Waals surface area contributed by atoms with Crippen LogP contribution in [0.4, 0.5) is 10.8 Å². The molecule has 0 saturated carbocycles. The molecule has 3 aromatic rings. The Morgan fingerprint density at radius 1 is 1.18 bits per heavy atom. The van der Waals surface area contributed by atoms with Crippen molar-refractivity contribution in [1.29, 1.82) is 0 Å². The maximum Gasteiger partial charge on any atom is 0.335 e. The summed E-state index contributed by atoms with van der Waals surface area (Å²) in [5.41, 5.74) is 0.968. The molecular weight excluding hydrogens is 404 g/mol. The number of carboxylic acid groups (broad SMARTS) is 1. The van der Waals surface area contributed by atoms with E-state index in [1.54, 1.807) is 12.3 Å². The van der Waals surface area contributed by atoms with Crippen molar-refractivity contribution in [1.82, 2.24) is 9.97 Å². The van der Waals surface area contributed by atoms with Gasteiger partial charge in [0.25, 0.3) is 5.91 Å². The van der Waals surface area contributed by atoms with Gasteiger partial charge in [0.15, 0.2) is 10.1 Å². The van der Waals surface area contributed by atoms with E-state index in [-0.39, 0.29) is 16.6 Å². The number of nitrogens with zero attached hydrogens (tertiary/aromatic N) is 2. The van der Waals surface area contributed by atoms with Crippen molar-refractivity contribution in [2.45, 2.75) is 13.8 Å². The van der Waals surface area contributed by atoms with E-state index in [4.69, 9.17) is 5.11 Å². The van der Waals surface area contributed by atoms with Gasteiger partial charge in [-0.2, -0.15) is 0 Å². The van der Waals surface area contributed by atoms with Crippen molar-refractivity contribution in [2.24, 2.45) is 0 Å². The lowest BCUT2D eigenvalue weighted by atomic mass is 10.2. The predicted molar refractivity (Wildman–Crippen MR) is 103 cm³/mol. The summed E-state index contributed by atoms with van der Waals surface area (Å²) >= 11 is 2.35. The number of hydrogen-bond donors (Lipinski definition) is 3. The summed E-state index contributed by atoms with van der Waals surface area (Å²) in [5, 5.41) is 27.9. The smallest absolute Gasteiger partial charge is 0.335 e. The molecule has 2 amide bonds. The molecule has 3 rings (SSSR count). The monoisotopic (exact) mass is 417 g/mol. The minimum Gasteiger partial charge on any atom is -0.872 e. The molecule has 9 nitrogen and oxygen atoms in total. The van der Waals surface area contributed by atoms with Gasteiger partial charge >= 0.3 is 5.97 Å². The van der Waals surface area contributed by atoms with Gasteiger partial charge in [-0.05, 0) is 19.1 Å². The van der Waals surface area contributed by atoms with Crippen LogP contribution in [0, 0.1) is 6.92 Å². The number of carbonyl (C=O) groups is 3. The van der Waals surface area contributed by atoms with Gasteiger partial charge in [0.2, 0.25) is 5.91 Å². The normalized spacial score (nSPS) is 10.5. The molecule has 3 N–H and O–H groups in total. The molecular formula is C17H13N4O5S2-. The second-order valence-electron chi connectivity index (χ2n) is 5.62. The first-order valence-electron chi connectivity index (χ1n) is 7.81. The van der Waals surface area contributed by atoms with Gasteiger partial charge in [-0.1, -0.05) is 23.2 Å². The summed E-state index contributed by atoms with van der Waals surface area (Å²) in [4.78, 5) is 43.9. The fourth-order valence-electron chi connectivity index (χ4n) is 2.28. The zero-order valence-corrected chi connectivity index (χ0v) is 16.2. The van der Waals surface area contributed by atoms with E-state index in [0.29, 0.717) is 16.5 Å². The average Bonchev–Trinajstić information content (AvgIpc) is 3.22. The molecule has 0 aliphatic carbocycles. The number of anilines is 2. The molecule has 0 aliphatic rings. The molecule has 0 fully saturated rings. The third kappa shape index (κ3) is 4.15. The van der Waals surface area contributed by atoms with E-state index in [1.807, 2.05) is 0 Å². The van der Waals surface area contributed by atoms with Crippen LogP contribution in [0.25, 0.3) is 10.6 Å². The Balaban J connectivity index is 1.80. The molecule has 1 aromatic carbocycles. The molecule has 11 heteroatoms. The van der Waals surface area contributed by atoms with Crippen molar-refractivity contribution >= 4 is 51.3 Å². The quantitative estimate of drug-likeness (QED) is 0.578. The van der Waals surface area contributed by atoms with Crippen molar-refractivity contribution < 1.29 is 24.6 Å². The number of carboxylic acids is 1. The van der Waals surface area contributed by atoms with Crippen molar-refractivity contribution in [2.75, 3.05) is 10.6 Å². The number of amides is 2. The lowest BCUT2D eigenvalue weighted by molar-refractivity contribution is -0.268. The summed E-state index contributed by atoms with van der Waals surface area (Å²) in [6.45, 7) is 3.16. The molecule has 2 heterocycles. The Bertz CT molecular complexity index is 1090. The van der Waals surface area contributed by atoms with Crippen LogP contribution in [0.3, 0.4) is 0 Å². The maximum atomic E-state index is 12.4. The molecule has 0 bridgehead atoms. The fraction of sp³-hybridized carbons (Fsp3) is 0.118. The Morgan fingerprint density at radius 2 is 1.93 bits per heavy atom. The molecule has 0 aliphatic heterocycles. The number of aromatic nitrogens is 2. The van der Waals surface area contributed by atoms with Crippen LogP contribution < -0.4 is 15.7 Å². The standard InChI is InChI=1S/C17H14N4O5S2/c1-7-13(28-17(18-7)19-8(2)22)11-6-27-15(21-11)14(24)20-9-3-4-12(23)10(5-9)16(25)26/h3-6,23H,1-2H3,(H,20,24)(H,25,26)(H,18,19,22)/p-1. The highest BCUT2D eigenvalue weighted by molar-refractivity contribution is 7.19. The Morgan fingerprint density at radius 3 is 2.61 bits per heavy atom. The van der Waals surface area contributed by atoms with E-state index in [1.165, 1.54) is 24.3 Å². The number of aromatic carboxylic acids is 1. The zero-order chi connectivity index (χ0) is 20.4. The fourth-order valence-corrected chi connectivity index (χ4v) is 4.03. The highest BCUT2D eigenvalue weighted by atomic mass is 32.1. The van der Waals surface area contributed by atoms with Crippen LogP contribution in [-0.2, 0) is 4.79 Å². The van der Waals surface area contributed by atoms with E-state index in [2.05, 4.69) is 20.6 Å². The second kappa shape index (κ2) is 7.74. The van der Waals surface area contributed by atoms with Gasteiger partial charge in [-0.3, -0.25) is 9.59 Å². The minimum atomic E-state index is -1.37. The Labute approximate surface area is 166 Å². The van der Waals surface area contributed by atoms with Gasteiger partial charge < -0.3 is 20.8 Å². The predicted octanol–water partition coefficient (Wildman–Crippen LogP) is 2.56. The SMILES string of the molecule is CC(=O)Nc1nc(C)c(-c2csc(C(=O)Nc3ccc([O-])c(C(=O)O)c3)n2)s1. The van der Waals surface area contributed by atoms with Gasteiger partial charge in [-0.25, -0.2) is 14.8 Å². The van der Waals surface area contributed by atoms with Crippen molar-refractivity contribution in [3.8, 4) is 16.3 Å². The number of carbonyl (C=O) groups excluding carboxylic acids is 2. The van der Waals surface area contributed by atoms with Gasteiger partial charge in [0.1, 0.15) is 0 Å². The summed E-state index contributed by atoms with van der Waals surface area (Å²) in [6, 6.07) is 3.51. The molecule has 0 unspecified atom stereocenters. The summed E-state index contributed by atoms with van der Waals surface area (Å²) in [5.74, 6) is -2.77. The van der Waals surface area contributed by atoms with Crippen LogP contribution in [0.2, 0.25) is 0 Å². The molecule has 0 saturated heterocycles. The van der Waals surface area contributed by atoms with Crippen LogP contribution in [-0.4, -0.2) is 32.9 Å². The topological polar surface area (TPSA) is 144 Å². The van der Waals surface area contributed by atoms with Gasteiger partial charge in [0, 0.05) is 18.0 Å². The highest BCUT2D eigenvalue weighted by Crippen LogP contribution is 2.33. The van der Waals surface area contributed by atoms with Crippen molar-refractivity contribution in [3.63, 3.8) is 0 Å². The molecule has 0 atom stereocenters. The van der Waals surface area contributed by atoms with Crippen LogP contribution in [0.1, 0.15) is 32.8 Å². The van der Waals surface area contributed by atoms with Crippen LogP contribution in [0.15, 0.2) is 23.6 Å². The molecule has 144 valence electrons. The van der Waals surface area contributed by atoms with E-state index < -0.39 is 23.2 Å². The van der Waals surface area contributed by atoms with Crippen LogP contribution in [0.5, 0.6) is 5.75 Å². The summed E-state index contributed by atoms with van der Waals surface area (Å²) in [7, 11) is 0. The molecule has 28 heavy (non-hydrogen) atoms. The largest absolute Gasteiger partial charge is 0.872 e. The number of rotatable bonds is 5. The van der Waals surface area contributed by atoms with Crippen LogP contribution >= 0.6 is 22.7 Å². The minimum absolute atomic E-state index is 0.159. The Kier molecular flexibility index (Phi) is 5.38. The van der Waals surface area contributed by atoms with Gasteiger partial charge in [-0.15, -0.1) is 11.3 Å². The second-order valence-corrected chi connectivity index (χ2v) is 7.48. The van der Waals surface area contributed by atoms with Crippen molar-refractivity contribution in [3.05, 3.63) is 39.8 Å². The molecule has 0 spiro atoms. The number of hydrogen-bond acceptors (Lipinski definition) is 8. The first-order valence-corrected chi connectivity index (χ1v) is 9.51. The van der Waals surface area contributed by atoms with E-state index >= 15 is 0 Å². The molecule has 2 aromatic heterocycles. The lowest BCUT2D eigenvalue weighted by Gasteiger charge is -2.11. The third-order valence-corrected chi connectivity index (χ3v) is 5.41. The van der Waals surface area contributed by atoms with E-state index in [0.717, 1.165) is 28.3 Å². The average molecular weight is 417 g/mol. The Hall–Kier alpha value is -3.31. The summed E-state index contributed by atoms with van der Waals surface area (Å²) < 4.78 is 0. The number of benzene rings is 1. The number of thiazole rings is 2. The number of nitrogens with one attached hydrogen (secondary N) is 2. The van der Waals surface area contributed by atoms with Gasteiger partial charge in [0.05, 0.1) is 21.8 Å². The maximum absolute atomic E-state index is 12.4. The summed E-state index contributed by atoms with van der Waals surface area (Å²) in [6.07, 6.45) is 0. The zero-order valence-electron chi connectivity index (χ0n) is 14.6. The first-order chi connectivity index (χ1) is 13.2. The highest BCUT2D eigenvalue weighted by Gasteiger charge is 2.17. The lowest BCUT2D eigenvalue weighted by Crippen LogP contribution is -2.13. The first kappa shape index (κ1) is 19.5.